The van der Waals surface area contributed by atoms with Gasteiger partial charge in [0.25, 0.3) is 0 Å². The van der Waals surface area contributed by atoms with E-state index in [1.54, 1.807) is 4.88 Å². The molecule has 0 radical (unpaired) electrons. The van der Waals surface area contributed by atoms with Gasteiger partial charge in [-0.25, -0.2) is 0 Å². The Bertz CT molecular complexity index is 284. The summed E-state index contributed by atoms with van der Waals surface area (Å²) in [5.74, 6) is 0.871. The molecular weight excluding hydrogens is 202 g/mol. The first-order chi connectivity index (χ1) is 7.38. The minimum atomic E-state index is 0.871. The monoisotopic (exact) mass is 223 g/mol. The molecule has 1 atom stereocenters. The molecule has 1 N–H and O–H groups in total. The molecule has 2 heterocycles. The molecule has 15 heavy (non-hydrogen) atoms. The first-order valence-corrected chi connectivity index (χ1v) is 6.98. The van der Waals surface area contributed by atoms with E-state index in [4.69, 9.17) is 0 Å². The summed E-state index contributed by atoms with van der Waals surface area (Å²) in [4.78, 5) is 3.12. The van der Waals surface area contributed by atoms with Gasteiger partial charge >= 0.3 is 0 Å². The van der Waals surface area contributed by atoms with Crippen LogP contribution >= 0.6 is 11.3 Å². The molecule has 0 bridgehead atoms. The van der Waals surface area contributed by atoms with Crippen molar-refractivity contribution in [3.05, 3.63) is 21.9 Å². The molecule has 1 aliphatic heterocycles. The molecule has 0 saturated carbocycles. The molecule has 1 unspecified atom stereocenters. The van der Waals surface area contributed by atoms with E-state index < -0.39 is 0 Å². The van der Waals surface area contributed by atoms with Gasteiger partial charge in [0.15, 0.2) is 0 Å². The molecule has 2 rings (SSSR count). The van der Waals surface area contributed by atoms with Crippen LogP contribution < -0.4 is 5.32 Å². The van der Waals surface area contributed by atoms with Gasteiger partial charge in [0.1, 0.15) is 0 Å². The van der Waals surface area contributed by atoms with Gasteiger partial charge in [-0.3, -0.25) is 0 Å². The van der Waals surface area contributed by atoms with Crippen LogP contribution in [-0.4, -0.2) is 13.1 Å². The standard InChI is InChI=1S/C13H21NS/c1-2-12-6-7-13(15-12)9-11-5-3-4-8-14-10-11/h6-7,11,14H,2-5,8-10H2,1H3. The van der Waals surface area contributed by atoms with Crippen LogP contribution in [0, 0.1) is 5.92 Å². The van der Waals surface area contributed by atoms with E-state index in [0.717, 1.165) is 5.92 Å². The first-order valence-electron chi connectivity index (χ1n) is 6.16. The third kappa shape index (κ3) is 3.32. The topological polar surface area (TPSA) is 12.0 Å². The second-order valence-electron chi connectivity index (χ2n) is 4.49. The number of rotatable bonds is 3. The largest absolute Gasteiger partial charge is 0.316 e. The summed E-state index contributed by atoms with van der Waals surface area (Å²) in [5, 5.41) is 3.54. The van der Waals surface area contributed by atoms with Crippen molar-refractivity contribution in [1.29, 1.82) is 0 Å². The quantitative estimate of drug-likeness (QED) is 0.829. The smallest absolute Gasteiger partial charge is 0.00514 e. The summed E-state index contributed by atoms with van der Waals surface area (Å²) in [6.45, 7) is 4.68. The lowest BCUT2D eigenvalue weighted by Gasteiger charge is -2.12. The molecule has 1 aliphatic rings. The summed E-state index contributed by atoms with van der Waals surface area (Å²) < 4.78 is 0. The number of hydrogen-bond acceptors (Lipinski definition) is 2. The van der Waals surface area contributed by atoms with Crippen molar-refractivity contribution in [1.82, 2.24) is 5.32 Å². The summed E-state index contributed by atoms with van der Waals surface area (Å²) in [7, 11) is 0. The van der Waals surface area contributed by atoms with Gasteiger partial charge in [0.05, 0.1) is 0 Å². The Labute approximate surface area is 96.9 Å². The fourth-order valence-electron chi connectivity index (χ4n) is 2.27. The molecule has 0 aliphatic carbocycles. The minimum Gasteiger partial charge on any atom is -0.316 e. The van der Waals surface area contributed by atoms with Gasteiger partial charge in [0.2, 0.25) is 0 Å². The molecule has 1 fully saturated rings. The number of thiophene rings is 1. The van der Waals surface area contributed by atoms with Crippen LogP contribution in [0.2, 0.25) is 0 Å². The Morgan fingerprint density at radius 2 is 2.20 bits per heavy atom. The van der Waals surface area contributed by atoms with Crippen LogP contribution in [0.4, 0.5) is 0 Å². The highest BCUT2D eigenvalue weighted by atomic mass is 32.1. The fraction of sp³-hybridized carbons (Fsp3) is 0.692. The van der Waals surface area contributed by atoms with Gasteiger partial charge in [-0.15, -0.1) is 11.3 Å². The Hall–Kier alpha value is -0.340. The summed E-state index contributed by atoms with van der Waals surface area (Å²) in [5.41, 5.74) is 0. The average Bonchev–Trinajstić information content (AvgIpc) is 2.54. The Morgan fingerprint density at radius 3 is 3.00 bits per heavy atom. The van der Waals surface area contributed by atoms with E-state index in [0.29, 0.717) is 0 Å². The highest BCUT2D eigenvalue weighted by molar-refractivity contribution is 7.11. The fourth-order valence-corrected chi connectivity index (χ4v) is 3.34. The maximum Gasteiger partial charge on any atom is 0.00514 e. The maximum absolute atomic E-state index is 3.54. The maximum atomic E-state index is 3.54. The zero-order chi connectivity index (χ0) is 10.5. The number of nitrogens with one attached hydrogen (secondary N) is 1. The lowest BCUT2D eigenvalue weighted by atomic mass is 9.99. The van der Waals surface area contributed by atoms with Crippen molar-refractivity contribution in [3.8, 4) is 0 Å². The van der Waals surface area contributed by atoms with Gasteiger partial charge < -0.3 is 5.32 Å². The van der Waals surface area contributed by atoms with Crippen molar-refractivity contribution in [2.45, 2.75) is 39.0 Å². The van der Waals surface area contributed by atoms with Crippen LogP contribution in [0.25, 0.3) is 0 Å². The van der Waals surface area contributed by atoms with Gasteiger partial charge in [-0.2, -0.15) is 0 Å². The zero-order valence-corrected chi connectivity index (χ0v) is 10.4. The molecule has 2 heteroatoms. The third-order valence-corrected chi connectivity index (χ3v) is 4.46. The first kappa shape index (κ1) is 11.2. The predicted octanol–water partition coefficient (Wildman–Crippen LogP) is 3.24. The van der Waals surface area contributed by atoms with Crippen molar-refractivity contribution in [2.75, 3.05) is 13.1 Å². The number of hydrogen-bond donors (Lipinski definition) is 1. The van der Waals surface area contributed by atoms with E-state index in [1.165, 1.54) is 50.1 Å². The Kier molecular flexibility index (Phi) is 4.21. The van der Waals surface area contributed by atoms with Crippen LogP contribution in [-0.2, 0) is 12.8 Å². The van der Waals surface area contributed by atoms with Gasteiger partial charge in [0, 0.05) is 9.75 Å². The van der Waals surface area contributed by atoms with Crippen molar-refractivity contribution in [2.24, 2.45) is 5.92 Å². The van der Waals surface area contributed by atoms with Crippen molar-refractivity contribution < 1.29 is 0 Å². The highest BCUT2D eigenvalue weighted by Gasteiger charge is 2.13. The molecule has 1 nitrogen and oxygen atoms in total. The van der Waals surface area contributed by atoms with E-state index in [1.807, 2.05) is 11.3 Å². The molecule has 1 saturated heterocycles. The molecule has 0 amide bonds. The third-order valence-electron chi connectivity index (χ3n) is 3.20. The van der Waals surface area contributed by atoms with Crippen LogP contribution in [0.5, 0.6) is 0 Å². The second-order valence-corrected chi connectivity index (χ2v) is 5.74. The Balaban J connectivity index is 1.89. The van der Waals surface area contributed by atoms with E-state index in [2.05, 4.69) is 24.4 Å². The van der Waals surface area contributed by atoms with E-state index in [-0.39, 0.29) is 0 Å². The van der Waals surface area contributed by atoms with Gasteiger partial charge in [-0.1, -0.05) is 13.3 Å². The Morgan fingerprint density at radius 1 is 1.33 bits per heavy atom. The molecule has 1 aromatic heterocycles. The van der Waals surface area contributed by atoms with Crippen LogP contribution in [0.15, 0.2) is 12.1 Å². The summed E-state index contributed by atoms with van der Waals surface area (Å²) in [6.07, 6.45) is 6.66. The second kappa shape index (κ2) is 5.66. The van der Waals surface area contributed by atoms with Crippen LogP contribution in [0.3, 0.4) is 0 Å². The SMILES string of the molecule is CCc1ccc(CC2CCCCNC2)s1. The summed E-state index contributed by atoms with van der Waals surface area (Å²) in [6, 6.07) is 4.62. The number of aryl methyl sites for hydroxylation is 1. The van der Waals surface area contributed by atoms with Crippen molar-refractivity contribution in [3.63, 3.8) is 0 Å². The van der Waals surface area contributed by atoms with E-state index >= 15 is 0 Å². The molecule has 1 aromatic rings. The van der Waals surface area contributed by atoms with E-state index in [9.17, 15) is 0 Å². The normalized spacial score (nSPS) is 22.6. The lowest BCUT2D eigenvalue weighted by molar-refractivity contribution is 0.480. The lowest BCUT2D eigenvalue weighted by Crippen LogP contribution is -2.21. The van der Waals surface area contributed by atoms with Crippen LogP contribution in [0.1, 0.15) is 35.9 Å². The summed E-state index contributed by atoms with van der Waals surface area (Å²) >= 11 is 2.01. The molecule has 0 spiro atoms. The molecule has 84 valence electrons. The molecule has 0 aromatic carbocycles. The predicted molar refractivity (Wildman–Crippen MR) is 67.6 cm³/mol. The van der Waals surface area contributed by atoms with Crippen molar-refractivity contribution >= 4 is 11.3 Å². The highest BCUT2D eigenvalue weighted by Crippen LogP contribution is 2.23. The zero-order valence-electron chi connectivity index (χ0n) is 9.59. The molecular formula is C13H21NS. The van der Waals surface area contributed by atoms with Gasteiger partial charge in [-0.05, 0) is 56.8 Å². The average molecular weight is 223 g/mol. The minimum absolute atomic E-state index is 0.871.